The molecular formula is C25H22N2O6S2. The smallest absolute Gasteiger partial charge is 0.326 e. The lowest BCUT2D eigenvalue weighted by Crippen LogP contribution is -2.33. The maximum absolute atomic E-state index is 13.8. The molecular weight excluding hydrogens is 488 g/mol. The fourth-order valence-electron chi connectivity index (χ4n) is 4.68. The Morgan fingerprint density at radius 2 is 1.71 bits per heavy atom. The second kappa shape index (κ2) is 9.35. The van der Waals surface area contributed by atoms with E-state index in [9.17, 15) is 19.2 Å². The summed E-state index contributed by atoms with van der Waals surface area (Å²) in [6, 6.07) is 16.1. The van der Waals surface area contributed by atoms with Crippen LogP contribution in [0, 0.1) is 5.92 Å². The van der Waals surface area contributed by atoms with Crippen LogP contribution in [0.3, 0.4) is 0 Å². The predicted octanol–water partition coefficient (Wildman–Crippen LogP) is 3.28. The van der Waals surface area contributed by atoms with Crippen LogP contribution in [-0.2, 0) is 25.7 Å². The van der Waals surface area contributed by atoms with Gasteiger partial charge >= 0.3 is 10.8 Å². The Labute approximate surface area is 209 Å². The number of fused-ring (bicyclic) bond motifs is 2. The maximum Gasteiger partial charge on any atom is 0.326 e. The first-order chi connectivity index (χ1) is 17.0. The van der Waals surface area contributed by atoms with E-state index >= 15 is 0 Å². The van der Waals surface area contributed by atoms with Gasteiger partial charge in [0, 0.05) is 16.4 Å². The molecule has 35 heavy (non-hydrogen) atoms. The molecule has 0 saturated carbocycles. The van der Waals surface area contributed by atoms with Crippen LogP contribution < -0.4 is 14.5 Å². The van der Waals surface area contributed by atoms with E-state index < -0.39 is 23.1 Å². The van der Waals surface area contributed by atoms with Crippen molar-refractivity contribution in [3.63, 3.8) is 0 Å². The summed E-state index contributed by atoms with van der Waals surface area (Å²) in [6.07, 6.45) is 0. The van der Waals surface area contributed by atoms with Crippen molar-refractivity contribution in [3.05, 3.63) is 74.7 Å². The zero-order valence-corrected chi connectivity index (χ0v) is 20.6. The van der Waals surface area contributed by atoms with Gasteiger partial charge in [-0.15, -0.1) is 0 Å². The van der Waals surface area contributed by atoms with Crippen molar-refractivity contribution in [2.75, 3.05) is 18.6 Å². The summed E-state index contributed by atoms with van der Waals surface area (Å²) >= 11 is 2.16. The van der Waals surface area contributed by atoms with Gasteiger partial charge in [0.25, 0.3) is 0 Å². The molecule has 1 aromatic heterocycles. The summed E-state index contributed by atoms with van der Waals surface area (Å²) in [5.74, 6) is -1.96. The maximum atomic E-state index is 13.8. The summed E-state index contributed by atoms with van der Waals surface area (Å²) in [4.78, 5) is 54.2. The van der Waals surface area contributed by atoms with Crippen molar-refractivity contribution < 1.29 is 23.9 Å². The highest BCUT2D eigenvalue weighted by molar-refractivity contribution is 8.00. The Bertz CT molecular complexity index is 1370. The quantitative estimate of drug-likeness (QED) is 0.371. The number of methoxy groups -OCH3 is 1. The predicted molar refractivity (Wildman–Crippen MR) is 132 cm³/mol. The zero-order valence-electron chi connectivity index (χ0n) is 19.0. The molecule has 3 atom stereocenters. The molecule has 2 amide bonds. The molecule has 2 aliphatic rings. The molecule has 3 unspecified atom stereocenters. The highest BCUT2D eigenvalue weighted by Crippen LogP contribution is 2.55. The molecule has 1 saturated heterocycles. The van der Waals surface area contributed by atoms with Crippen LogP contribution in [0.15, 0.2) is 64.4 Å². The number of hydrogen-bond acceptors (Lipinski definition) is 8. The summed E-state index contributed by atoms with van der Waals surface area (Å²) in [6.45, 7) is 1.63. The van der Waals surface area contributed by atoms with Gasteiger partial charge in [0.1, 0.15) is 17.5 Å². The third kappa shape index (κ3) is 3.86. The minimum absolute atomic E-state index is 0.195. The van der Waals surface area contributed by atoms with Gasteiger partial charge in [0.15, 0.2) is 0 Å². The van der Waals surface area contributed by atoms with Gasteiger partial charge in [0.2, 0.25) is 11.8 Å². The van der Waals surface area contributed by atoms with Crippen molar-refractivity contribution in [1.82, 2.24) is 4.57 Å². The van der Waals surface area contributed by atoms with E-state index in [1.54, 1.807) is 44.4 Å². The molecule has 10 heteroatoms. The molecule has 3 heterocycles. The number of hydrogen-bond donors (Lipinski definition) is 0. The fraction of sp³-hybridized carbons (Fsp3) is 0.280. The van der Waals surface area contributed by atoms with Crippen molar-refractivity contribution >= 4 is 46.6 Å². The van der Waals surface area contributed by atoms with Crippen LogP contribution in [0.1, 0.15) is 23.3 Å². The van der Waals surface area contributed by atoms with Gasteiger partial charge in [0.05, 0.1) is 30.3 Å². The van der Waals surface area contributed by atoms with Crippen LogP contribution in [0.25, 0.3) is 0 Å². The van der Waals surface area contributed by atoms with Crippen LogP contribution >= 0.6 is 23.1 Å². The first-order valence-corrected chi connectivity index (χ1v) is 12.8. The zero-order chi connectivity index (χ0) is 24.7. The Balaban J connectivity index is 1.68. The molecule has 2 aliphatic heterocycles. The Hall–Kier alpha value is -3.37. The first-order valence-electron chi connectivity index (χ1n) is 11.1. The lowest BCUT2D eigenvalue weighted by molar-refractivity contribution is -0.144. The fourth-order valence-corrected chi connectivity index (χ4v) is 7.45. The molecule has 0 spiro atoms. The number of carbonyl (C=O) groups excluding carboxylic acids is 3. The summed E-state index contributed by atoms with van der Waals surface area (Å²) < 4.78 is 12.0. The van der Waals surface area contributed by atoms with Crippen molar-refractivity contribution in [1.29, 1.82) is 0 Å². The second-order valence-corrected chi connectivity index (χ2v) is 10.2. The van der Waals surface area contributed by atoms with E-state index in [-0.39, 0.29) is 29.8 Å². The highest BCUT2D eigenvalue weighted by Gasteiger charge is 2.57. The number of esters is 1. The third-order valence-corrected chi connectivity index (χ3v) is 8.73. The normalized spacial score (nSPS) is 21.0. The molecule has 3 aromatic rings. The number of benzene rings is 2. The Morgan fingerprint density at radius 3 is 2.43 bits per heavy atom. The third-order valence-electron chi connectivity index (χ3n) is 6.13. The number of anilines is 1. The van der Waals surface area contributed by atoms with Gasteiger partial charge in [-0.2, -0.15) is 0 Å². The lowest BCUT2D eigenvalue weighted by Gasteiger charge is -2.31. The van der Waals surface area contributed by atoms with Crippen molar-refractivity contribution in [2.24, 2.45) is 5.92 Å². The van der Waals surface area contributed by atoms with Crippen LogP contribution in [0.4, 0.5) is 5.69 Å². The van der Waals surface area contributed by atoms with Gasteiger partial charge < -0.3 is 9.47 Å². The van der Waals surface area contributed by atoms with Gasteiger partial charge in [-0.1, -0.05) is 59.5 Å². The Kier molecular flexibility index (Phi) is 6.24. The van der Waals surface area contributed by atoms with Gasteiger partial charge in [-0.3, -0.25) is 23.7 Å². The van der Waals surface area contributed by atoms with Gasteiger partial charge in [-0.25, -0.2) is 4.90 Å². The molecule has 0 bridgehead atoms. The van der Waals surface area contributed by atoms with E-state index in [0.29, 0.717) is 26.9 Å². The first kappa shape index (κ1) is 23.4. The highest BCUT2D eigenvalue weighted by atomic mass is 32.2. The van der Waals surface area contributed by atoms with Crippen LogP contribution in [0.2, 0.25) is 0 Å². The average Bonchev–Trinajstić information content (AvgIpc) is 3.31. The van der Waals surface area contributed by atoms with E-state index in [1.165, 1.54) is 21.2 Å². The number of aromatic nitrogens is 1. The van der Waals surface area contributed by atoms with Crippen LogP contribution in [-0.4, -0.2) is 41.3 Å². The number of carbonyl (C=O) groups is 3. The topological polar surface area (TPSA) is 94.9 Å². The number of amides is 2. The molecule has 1 fully saturated rings. The Morgan fingerprint density at radius 1 is 1.00 bits per heavy atom. The molecule has 2 aromatic carbocycles. The van der Waals surface area contributed by atoms with E-state index in [1.807, 2.05) is 24.3 Å². The molecule has 180 valence electrons. The SMILES string of the molecule is CCOC(=O)Cn1c2c(sc1=O)C(c1ccccc1OC)C1C(=O)N(c3ccccc3)C(=O)C1S2. The summed E-state index contributed by atoms with van der Waals surface area (Å²) in [5, 5.41) is -0.242. The van der Waals surface area contributed by atoms with Crippen LogP contribution in [0.5, 0.6) is 5.75 Å². The van der Waals surface area contributed by atoms with E-state index in [4.69, 9.17) is 9.47 Å². The van der Waals surface area contributed by atoms with Crippen molar-refractivity contribution in [3.8, 4) is 5.75 Å². The second-order valence-electron chi connectivity index (χ2n) is 8.06. The van der Waals surface area contributed by atoms with Gasteiger partial charge in [-0.05, 0) is 25.1 Å². The molecule has 0 N–H and O–H groups in total. The number of imide groups is 1. The summed E-state index contributed by atoms with van der Waals surface area (Å²) in [5.41, 5.74) is 1.22. The largest absolute Gasteiger partial charge is 0.496 e. The number of ether oxygens (including phenoxy) is 2. The monoisotopic (exact) mass is 510 g/mol. The number of nitrogens with zero attached hydrogens (tertiary/aromatic N) is 2. The molecule has 0 aliphatic carbocycles. The number of thiazole rings is 1. The number of rotatable bonds is 6. The molecule has 5 rings (SSSR count). The van der Waals surface area contributed by atoms with E-state index in [2.05, 4.69) is 0 Å². The standard InChI is InChI=1S/C25H22N2O6S2/c1-3-33-17(28)13-26-24-21(35-25(26)31)18(15-11-7-8-12-16(15)32-2)19-20(34-24)23(30)27(22(19)29)14-9-5-4-6-10-14/h4-12,18-20H,3,13H2,1-2H3. The lowest BCUT2D eigenvalue weighted by atomic mass is 9.82. The number of para-hydroxylation sites is 2. The minimum atomic E-state index is -0.757. The minimum Gasteiger partial charge on any atom is -0.496 e. The van der Waals surface area contributed by atoms with Crippen molar-refractivity contribution in [2.45, 2.75) is 29.7 Å². The number of thioether (sulfide) groups is 1. The average molecular weight is 511 g/mol. The van der Waals surface area contributed by atoms with E-state index in [0.717, 1.165) is 11.3 Å². The molecule has 0 radical (unpaired) electrons. The molecule has 8 nitrogen and oxygen atoms in total. The summed E-state index contributed by atoms with van der Waals surface area (Å²) in [7, 11) is 1.54.